The molecule has 0 aromatic heterocycles. The molecule has 3 rings (SSSR count). The minimum atomic E-state index is 0.422. The van der Waals surface area contributed by atoms with Crippen molar-refractivity contribution in [1.29, 1.82) is 0 Å². The maximum Gasteiger partial charge on any atom is 0.191 e. The van der Waals surface area contributed by atoms with Crippen molar-refractivity contribution in [2.75, 3.05) is 19.8 Å². The first-order valence-corrected chi connectivity index (χ1v) is 6.74. The summed E-state index contributed by atoms with van der Waals surface area (Å²) < 4.78 is 11.3. The van der Waals surface area contributed by atoms with Gasteiger partial charge in [-0.3, -0.25) is 4.99 Å². The normalized spacial score (nSPS) is 21.3. The number of aliphatic imine (C=N–C) groups is 1. The van der Waals surface area contributed by atoms with Gasteiger partial charge in [0.05, 0.1) is 19.8 Å². The maximum absolute atomic E-state index is 5.68. The fourth-order valence-electron chi connectivity index (χ4n) is 2.16. The number of nitrogens with one attached hydrogen (secondary N) is 2. The van der Waals surface area contributed by atoms with Crippen LogP contribution in [0, 0.1) is 0 Å². The molecule has 1 aromatic rings. The molecule has 5 heteroatoms. The zero-order valence-electron chi connectivity index (χ0n) is 11.1. The molecule has 0 bridgehead atoms. The highest BCUT2D eigenvalue weighted by molar-refractivity contribution is 5.81. The van der Waals surface area contributed by atoms with Crippen LogP contribution >= 0.6 is 0 Å². The number of benzene rings is 1. The van der Waals surface area contributed by atoms with E-state index >= 15 is 0 Å². The third-order valence-electron chi connectivity index (χ3n) is 3.18. The standard InChI is InChI=1S/C14H19N3O2/c1-10-8-15-14(17-10)16-9-11-3-4-12-13(7-11)19-6-2-5-18-12/h3-4,7,10H,2,5-6,8-9H2,1H3,(H2,15,16,17). The van der Waals surface area contributed by atoms with Crippen molar-refractivity contribution < 1.29 is 9.47 Å². The van der Waals surface area contributed by atoms with E-state index in [1.807, 2.05) is 12.1 Å². The van der Waals surface area contributed by atoms with Gasteiger partial charge in [0.15, 0.2) is 17.5 Å². The average Bonchev–Trinajstić information content (AvgIpc) is 2.70. The summed E-state index contributed by atoms with van der Waals surface area (Å²) in [6.45, 7) is 5.13. The molecule has 2 aliphatic rings. The Kier molecular flexibility index (Phi) is 3.44. The minimum absolute atomic E-state index is 0.422. The van der Waals surface area contributed by atoms with Gasteiger partial charge in [0.25, 0.3) is 0 Å². The highest BCUT2D eigenvalue weighted by Gasteiger charge is 2.13. The summed E-state index contributed by atoms with van der Waals surface area (Å²) in [7, 11) is 0. The summed E-state index contributed by atoms with van der Waals surface area (Å²) in [5.41, 5.74) is 1.16. The van der Waals surface area contributed by atoms with E-state index in [1.165, 1.54) is 0 Å². The van der Waals surface area contributed by atoms with Gasteiger partial charge in [0.2, 0.25) is 0 Å². The number of hydrogen-bond acceptors (Lipinski definition) is 5. The fraction of sp³-hybridized carbons (Fsp3) is 0.500. The summed E-state index contributed by atoms with van der Waals surface area (Å²) >= 11 is 0. The van der Waals surface area contributed by atoms with E-state index in [2.05, 4.69) is 28.6 Å². The number of rotatable bonds is 2. The van der Waals surface area contributed by atoms with Gasteiger partial charge < -0.3 is 20.1 Å². The Balaban J connectivity index is 1.64. The molecule has 2 aliphatic heterocycles. The quantitative estimate of drug-likeness (QED) is 0.842. The van der Waals surface area contributed by atoms with Gasteiger partial charge in [0, 0.05) is 19.0 Å². The van der Waals surface area contributed by atoms with Crippen molar-refractivity contribution in [2.45, 2.75) is 25.9 Å². The van der Waals surface area contributed by atoms with Crippen molar-refractivity contribution in [1.82, 2.24) is 10.6 Å². The van der Waals surface area contributed by atoms with Gasteiger partial charge in [-0.2, -0.15) is 0 Å². The van der Waals surface area contributed by atoms with Crippen molar-refractivity contribution in [2.24, 2.45) is 4.99 Å². The van der Waals surface area contributed by atoms with Crippen LogP contribution in [0.4, 0.5) is 0 Å². The summed E-state index contributed by atoms with van der Waals surface area (Å²) in [4.78, 5) is 4.37. The van der Waals surface area contributed by atoms with Crippen LogP contribution < -0.4 is 20.1 Å². The fourth-order valence-corrected chi connectivity index (χ4v) is 2.16. The van der Waals surface area contributed by atoms with Gasteiger partial charge in [-0.25, -0.2) is 0 Å². The predicted octanol–water partition coefficient (Wildman–Crippen LogP) is 1.29. The van der Waals surface area contributed by atoms with E-state index < -0.39 is 0 Å². The van der Waals surface area contributed by atoms with E-state index in [-0.39, 0.29) is 0 Å². The Morgan fingerprint density at radius 3 is 2.95 bits per heavy atom. The van der Waals surface area contributed by atoms with E-state index in [0.717, 1.165) is 55.7 Å². The van der Waals surface area contributed by atoms with Crippen molar-refractivity contribution in [3.63, 3.8) is 0 Å². The second kappa shape index (κ2) is 5.38. The molecular weight excluding hydrogens is 242 g/mol. The molecule has 102 valence electrons. The number of guanidine groups is 1. The van der Waals surface area contributed by atoms with Gasteiger partial charge in [-0.15, -0.1) is 0 Å². The van der Waals surface area contributed by atoms with E-state index in [0.29, 0.717) is 6.04 Å². The summed E-state index contributed by atoms with van der Waals surface area (Å²) in [5, 5.41) is 6.57. The number of fused-ring (bicyclic) bond motifs is 1. The van der Waals surface area contributed by atoms with Crippen LogP contribution in [0.2, 0.25) is 0 Å². The lowest BCUT2D eigenvalue weighted by atomic mass is 10.2. The molecule has 0 radical (unpaired) electrons. The molecule has 1 unspecified atom stereocenters. The van der Waals surface area contributed by atoms with Gasteiger partial charge >= 0.3 is 0 Å². The molecule has 0 aliphatic carbocycles. The largest absolute Gasteiger partial charge is 0.490 e. The third kappa shape index (κ3) is 2.92. The number of nitrogens with zero attached hydrogens (tertiary/aromatic N) is 1. The van der Waals surface area contributed by atoms with Crippen LogP contribution in [0.3, 0.4) is 0 Å². The molecule has 1 atom stereocenters. The van der Waals surface area contributed by atoms with Gasteiger partial charge in [-0.05, 0) is 24.6 Å². The highest BCUT2D eigenvalue weighted by atomic mass is 16.5. The van der Waals surface area contributed by atoms with Crippen molar-refractivity contribution in [3.8, 4) is 11.5 Å². The zero-order valence-corrected chi connectivity index (χ0v) is 11.1. The molecule has 2 heterocycles. The van der Waals surface area contributed by atoms with Crippen molar-refractivity contribution in [3.05, 3.63) is 23.8 Å². The highest BCUT2D eigenvalue weighted by Crippen LogP contribution is 2.30. The van der Waals surface area contributed by atoms with Crippen molar-refractivity contribution >= 4 is 5.96 Å². The van der Waals surface area contributed by atoms with Crippen LogP contribution in [0.25, 0.3) is 0 Å². The molecule has 0 amide bonds. The first-order valence-electron chi connectivity index (χ1n) is 6.74. The predicted molar refractivity (Wildman–Crippen MR) is 73.8 cm³/mol. The van der Waals surface area contributed by atoms with E-state index in [4.69, 9.17) is 9.47 Å². The Hall–Kier alpha value is -1.91. The van der Waals surface area contributed by atoms with Crippen LogP contribution in [0.1, 0.15) is 18.9 Å². The first kappa shape index (κ1) is 12.1. The smallest absolute Gasteiger partial charge is 0.191 e. The lowest BCUT2D eigenvalue weighted by molar-refractivity contribution is 0.297. The van der Waals surface area contributed by atoms with Crippen LogP contribution in [-0.2, 0) is 6.54 Å². The van der Waals surface area contributed by atoms with Gasteiger partial charge in [-0.1, -0.05) is 6.07 Å². The third-order valence-corrected chi connectivity index (χ3v) is 3.18. The molecular formula is C14H19N3O2. The van der Waals surface area contributed by atoms with E-state index in [9.17, 15) is 0 Å². The molecule has 19 heavy (non-hydrogen) atoms. The van der Waals surface area contributed by atoms with Crippen LogP contribution in [0.15, 0.2) is 23.2 Å². The Morgan fingerprint density at radius 1 is 1.32 bits per heavy atom. The second-order valence-electron chi connectivity index (χ2n) is 4.92. The Morgan fingerprint density at radius 2 is 2.16 bits per heavy atom. The molecule has 2 N–H and O–H groups in total. The second-order valence-corrected chi connectivity index (χ2v) is 4.92. The molecule has 5 nitrogen and oxygen atoms in total. The minimum Gasteiger partial charge on any atom is -0.490 e. The van der Waals surface area contributed by atoms with Crippen LogP contribution in [-0.4, -0.2) is 31.8 Å². The first-order chi connectivity index (χ1) is 9.31. The summed E-state index contributed by atoms with van der Waals surface area (Å²) in [6, 6.07) is 6.49. The molecule has 0 saturated heterocycles. The lowest BCUT2D eigenvalue weighted by Crippen LogP contribution is -2.37. The monoisotopic (exact) mass is 261 g/mol. The average molecular weight is 261 g/mol. The van der Waals surface area contributed by atoms with Gasteiger partial charge in [0.1, 0.15) is 0 Å². The Labute approximate surface area is 113 Å². The zero-order chi connectivity index (χ0) is 13.1. The summed E-state index contributed by atoms with van der Waals surface area (Å²) in [6.07, 6.45) is 0.931. The maximum atomic E-state index is 5.68. The van der Waals surface area contributed by atoms with E-state index in [1.54, 1.807) is 0 Å². The molecule has 0 fully saturated rings. The number of ether oxygens (including phenoxy) is 2. The molecule has 1 aromatic carbocycles. The molecule has 0 saturated carbocycles. The SMILES string of the molecule is CC1CN=C(NCc2ccc3c(c2)OCCCO3)N1. The Bertz CT molecular complexity index is 488. The number of hydrogen-bond donors (Lipinski definition) is 2. The summed E-state index contributed by atoms with van der Waals surface area (Å²) in [5.74, 6) is 2.55. The van der Waals surface area contributed by atoms with Crippen LogP contribution in [0.5, 0.6) is 11.5 Å². The molecule has 0 spiro atoms. The topological polar surface area (TPSA) is 54.9 Å². The lowest BCUT2D eigenvalue weighted by Gasteiger charge is -2.11.